The summed E-state index contributed by atoms with van der Waals surface area (Å²) < 4.78 is 29.7. The molecule has 1 fully saturated rings. The van der Waals surface area contributed by atoms with E-state index in [2.05, 4.69) is 35.9 Å². The number of piperazine rings is 1. The number of nitrogens with one attached hydrogen (secondary N) is 1. The Kier molecular flexibility index (Phi) is 7.56. The number of benzene rings is 1. The van der Waals surface area contributed by atoms with Crippen LogP contribution in [0.25, 0.3) is 0 Å². The number of ether oxygens (including phenoxy) is 1. The van der Waals surface area contributed by atoms with Crippen LogP contribution in [-0.2, 0) is 6.54 Å². The van der Waals surface area contributed by atoms with Crippen LogP contribution in [0.15, 0.2) is 47.2 Å². The summed E-state index contributed by atoms with van der Waals surface area (Å²) in [4.78, 5) is 6.45. The van der Waals surface area contributed by atoms with Crippen molar-refractivity contribution in [1.82, 2.24) is 15.2 Å². The fourth-order valence-corrected chi connectivity index (χ4v) is 3.44. The zero-order chi connectivity index (χ0) is 16.9. The molecule has 25 heavy (non-hydrogen) atoms. The maximum absolute atomic E-state index is 12.3. The fraction of sp³-hybridized carbons (Fsp3) is 0.353. The van der Waals surface area contributed by atoms with E-state index < -0.39 is 6.61 Å². The topological polar surface area (TPSA) is 37.4 Å². The Morgan fingerprint density at radius 2 is 2.04 bits per heavy atom. The predicted molar refractivity (Wildman–Crippen MR) is 98.3 cm³/mol. The van der Waals surface area contributed by atoms with Gasteiger partial charge in [0.25, 0.3) is 0 Å². The van der Waals surface area contributed by atoms with Crippen LogP contribution < -0.4 is 10.1 Å². The van der Waals surface area contributed by atoms with Crippen LogP contribution in [0.5, 0.6) is 5.75 Å². The van der Waals surface area contributed by atoms with Gasteiger partial charge >= 0.3 is 6.61 Å². The Bertz CT molecular complexity index is 678. The molecule has 3 rings (SSSR count). The Morgan fingerprint density at radius 1 is 1.28 bits per heavy atom. The van der Waals surface area contributed by atoms with Gasteiger partial charge in [-0.15, -0.1) is 12.4 Å². The van der Waals surface area contributed by atoms with Gasteiger partial charge < -0.3 is 10.1 Å². The number of aromatic nitrogens is 1. The summed E-state index contributed by atoms with van der Waals surface area (Å²) in [7, 11) is 0. The van der Waals surface area contributed by atoms with E-state index in [1.807, 2.05) is 24.3 Å². The first-order valence-corrected chi connectivity index (χ1v) is 8.50. The molecule has 1 aromatic carbocycles. The van der Waals surface area contributed by atoms with Crippen LogP contribution in [-0.4, -0.2) is 36.1 Å². The van der Waals surface area contributed by atoms with Crippen molar-refractivity contribution in [3.63, 3.8) is 0 Å². The van der Waals surface area contributed by atoms with Crippen LogP contribution >= 0.6 is 28.3 Å². The summed E-state index contributed by atoms with van der Waals surface area (Å²) >= 11 is 3.30. The lowest BCUT2D eigenvalue weighted by Crippen LogP contribution is -2.45. The monoisotopic (exact) mass is 433 g/mol. The first kappa shape index (κ1) is 20.0. The first-order chi connectivity index (χ1) is 11.6. The van der Waals surface area contributed by atoms with Crippen LogP contribution in [0.2, 0.25) is 0 Å². The van der Waals surface area contributed by atoms with Gasteiger partial charge in [0.05, 0.1) is 4.47 Å². The molecule has 1 aromatic heterocycles. The summed E-state index contributed by atoms with van der Waals surface area (Å²) in [5, 5.41) is 3.42. The normalized spacial score (nSPS) is 18.0. The van der Waals surface area contributed by atoms with E-state index in [4.69, 9.17) is 0 Å². The molecule has 0 aliphatic carbocycles. The van der Waals surface area contributed by atoms with Gasteiger partial charge in [-0.3, -0.25) is 9.88 Å². The van der Waals surface area contributed by atoms with Gasteiger partial charge in [0, 0.05) is 44.6 Å². The summed E-state index contributed by atoms with van der Waals surface area (Å²) in [5.74, 6) is 0.153. The molecule has 2 heterocycles. The van der Waals surface area contributed by atoms with Crippen molar-refractivity contribution in [2.24, 2.45) is 0 Å². The van der Waals surface area contributed by atoms with Gasteiger partial charge in [0.2, 0.25) is 0 Å². The molecule has 136 valence electrons. The van der Waals surface area contributed by atoms with Crippen LogP contribution in [0, 0.1) is 0 Å². The molecule has 1 atom stereocenters. The lowest BCUT2D eigenvalue weighted by molar-refractivity contribution is -0.0503. The molecule has 1 unspecified atom stereocenters. The zero-order valence-corrected chi connectivity index (χ0v) is 15.8. The minimum absolute atomic E-state index is 0. The molecule has 1 aliphatic heterocycles. The molecule has 0 spiro atoms. The van der Waals surface area contributed by atoms with Crippen molar-refractivity contribution in [1.29, 1.82) is 0 Å². The molecule has 0 radical (unpaired) electrons. The van der Waals surface area contributed by atoms with Crippen molar-refractivity contribution in [2.75, 3.05) is 19.6 Å². The average molecular weight is 435 g/mol. The highest BCUT2D eigenvalue weighted by atomic mass is 79.9. The maximum atomic E-state index is 12.3. The van der Waals surface area contributed by atoms with E-state index >= 15 is 0 Å². The summed E-state index contributed by atoms with van der Waals surface area (Å²) in [5.41, 5.74) is 2.26. The third-order valence-electron chi connectivity index (χ3n) is 4.04. The van der Waals surface area contributed by atoms with E-state index in [0.717, 1.165) is 31.7 Å². The van der Waals surface area contributed by atoms with Gasteiger partial charge in [0.1, 0.15) is 5.75 Å². The summed E-state index contributed by atoms with van der Waals surface area (Å²) in [6.07, 6.45) is 3.60. The third-order valence-corrected chi connectivity index (χ3v) is 4.66. The highest BCUT2D eigenvalue weighted by Gasteiger charge is 2.24. The molecule has 0 amide bonds. The highest BCUT2D eigenvalue weighted by molar-refractivity contribution is 9.10. The standard InChI is InChI=1S/C17H18BrF2N3O.ClH/c18-14-9-12(1-2-16(14)24-17(19)20)11-23-8-7-22-10-15(23)13-3-5-21-6-4-13;/h1-6,9,15,17,22H,7-8,10-11H2;1H. The number of halogens is 4. The largest absolute Gasteiger partial charge is 0.434 e. The van der Waals surface area contributed by atoms with Crippen molar-refractivity contribution < 1.29 is 13.5 Å². The van der Waals surface area contributed by atoms with E-state index in [1.54, 1.807) is 18.5 Å². The van der Waals surface area contributed by atoms with Crippen LogP contribution in [0.4, 0.5) is 8.78 Å². The van der Waals surface area contributed by atoms with Gasteiger partial charge in [-0.2, -0.15) is 8.78 Å². The minimum atomic E-state index is -2.82. The van der Waals surface area contributed by atoms with Crippen molar-refractivity contribution in [3.8, 4) is 5.75 Å². The fourth-order valence-electron chi connectivity index (χ4n) is 2.92. The number of hydrogen-bond acceptors (Lipinski definition) is 4. The lowest BCUT2D eigenvalue weighted by atomic mass is 10.0. The second-order valence-corrected chi connectivity index (χ2v) is 6.47. The van der Waals surface area contributed by atoms with Crippen LogP contribution in [0.3, 0.4) is 0 Å². The lowest BCUT2D eigenvalue weighted by Gasteiger charge is -2.36. The molecule has 4 nitrogen and oxygen atoms in total. The average Bonchev–Trinajstić information content (AvgIpc) is 2.58. The predicted octanol–water partition coefficient (Wildman–Crippen LogP) is 4.01. The number of rotatable bonds is 5. The van der Waals surface area contributed by atoms with Crippen molar-refractivity contribution in [2.45, 2.75) is 19.2 Å². The minimum Gasteiger partial charge on any atom is -0.434 e. The van der Waals surface area contributed by atoms with Gasteiger partial charge in [-0.25, -0.2) is 0 Å². The molecule has 0 bridgehead atoms. The SMILES string of the molecule is Cl.FC(F)Oc1ccc(CN2CCNCC2c2ccncc2)cc1Br. The second-order valence-electron chi connectivity index (χ2n) is 5.61. The van der Waals surface area contributed by atoms with Gasteiger partial charge in [0.15, 0.2) is 0 Å². The van der Waals surface area contributed by atoms with E-state index in [-0.39, 0.29) is 24.2 Å². The van der Waals surface area contributed by atoms with Crippen molar-refractivity contribution >= 4 is 28.3 Å². The number of hydrogen-bond donors (Lipinski definition) is 1. The number of nitrogens with zero attached hydrogens (tertiary/aromatic N) is 2. The molecule has 1 aliphatic rings. The van der Waals surface area contributed by atoms with Gasteiger partial charge in [-0.1, -0.05) is 6.07 Å². The molecule has 0 saturated carbocycles. The van der Waals surface area contributed by atoms with Gasteiger partial charge in [-0.05, 0) is 51.3 Å². The molecule has 1 saturated heterocycles. The number of pyridine rings is 1. The van der Waals surface area contributed by atoms with E-state index in [9.17, 15) is 8.78 Å². The Morgan fingerprint density at radius 3 is 2.72 bits per heavy atom. The Hall–Kier alpha value is -1.28. The zero-order valence-electron chi connectivity index (χ0n) is 13.4. The molecule has 1 N–H and O–H groups in total. The van der Waals surface area contributed by atoms with E-state index in [0.29, 0.717) is 4.47 Å². The maximum Gasteiger partial charge on any atom is 0.387 e. The first-order valence-electron chi connectivity index (χ1n) is 7.71. The summed E-state index contributed by atoms with van der Waals surface area (Å²) in [6, 6.07) is 9.56. The third kappa shape index (κ3) is 5.34. The highest BCUT2D eigenvalue weighted by Crippen LogP contribution is 2.29. The quantitative estimate of drug-likeness (QED) is 0.771. The van der Waals surface area contributed by atoms with Crippen LogP contribution in [0.1, 0.15) is 17.2 Å². The van der Waals surface area contributed by atoms with Crippen molar-refractivity contribution in [3.05, 3.63) is 58.3 Å². The Labute approximate surface area is 160 Å². The molecular weight excluding hydrogens is 416 g/mol. The molecule has 2 aromatic rings. The molecule has 8 heteroatoms. The van der Waals surface area contributed by atoms with E-state index in [1.165, 1.54) is 5.56 Å². The summed E-state index contributed by atoms with van der Waals surface area (Å²) in [6.45, 7) is 0.631. The smallest absolute Gasteiger partial charge is 0.387 e. The number of alkyl halides is 2. The molecular formula is C17H19BrClF2N3O. The second kappa shape index (κ2) is 9.43. The Balaban J connectivity index is 0.00000225.